The minimum absolute atomic E-state index is 0. The maximum Gasteiger partial charge on any atom is 0.389 e. The van der Waals surface area contributed by atoms with Crippen LogP contribution in [0.1, 0.15) is 19.3 Å². The predicted octanol–water partition coefficient (Wildman–Crippen LogP) is 3.61. The fourth-order valence-corrected chi connectivity index (χ4v) is 2.58. The molecule has 0 spiro atoms. The first kappa shape index (κ1) is 21.8. The van der Waals surface area contributed by atoms with Crippen molar-refractivity contribution in [3.8, 4) is 0 Å². The lowest BCUT2D eigenvalue weighted by atomic mass is 10.2. The number of nitrogens with zero attached hydrogens (tertiary/aromatic N) is 3. The van der Waals surface area contributed by atoms with Gasteiger partial charge in [-0.05, 0) is 37.1 Å². The zero-order valence-electron chi connectivity index (χ0n) is 13.8. The summed E-state index contributed by atoms with van der Waals surface area (Å²) in [5, 5.41) is 0. The number of aliphatic imine (C=N–C) groups is 1. The van der Waals surface area contributed by atoms with Gasteiger partial charge in [-0.25, -0.2) is 4.39 Å². The molecule has 0 amide bonds. The molecule has 4 nitrogen and oxygen atoms in total. The van der Waals surface area contributed by atoms with Crippen molar-refractivity contribution in [3.63, 3.8) is 0 Å². The van der Waals surface area contributed by atoms with E-state index in [4.69, 9.17) is 5.73 Å². The van der Waals surface area contributed by atoms with Gasteiger partial charge in [0.15, 0.2) is 5.96 Å². The van der Waals surface area contributed by atoms with Gasteiger partial charge in [0.2, 0.25) is 0 Å². The average Bonchev–Trinajstić information content (AvgIpc) is 2.54. The summed E-state index contributed by atoms with van der Waals surface area (Å²) in [6.07, 6.45) is -4.45. The van der Waals surface area contributed by atoms with Gasteiger partial charge in [0.05, 0.1) is 0 Å². The van der Waals surface area contributed by atoms with Crippen molar-refractivity contribution in [3.05, 3.63) is 30.1 Å². The van der Waals surface area contributed by atoms with Crippen LogP contribution in [0.4, 0.5) is 23.2 Å². The predicted molar refractivity (Wildman–Crippen MR) is 102 cm³/mol. The number of nitrogens with two attached hydrogens (primary N) is 1. The van der Waals surface area contributed by atoms with Crippen molar-refractivity contribution >= 4 is 35.6 Å². The second-order valence-electron chi connectivity index (χ2n) is 5.76. The van der Waals surface area contributed by atoms with Gasteiger partial charge in [-0.2, -0.15) is 13.2 Å². The Kier molecular flexibility index (Phi) is 8.74. The molecule has 1 aromatic rings. The van der Waals surface area contributed by atoms with Crippen LogP contribution < -0.4 is 10.6 Å². The molecule has 2 N–H and O–H groups in total. The number of unbranched alkanes of at least 4 members (excludes halogenated alkanes) is 1. The van der Waals surface area contributed by atoms with E-state index in [9.17, 15) is 17.6 Å². The Morgan fingerprint density at radius 3 is 2.20 bits per heavy atom. The van der Waals surface area contributed by atoms with E-state index in [1.807, 2.05) is 4.90 Å². The summed E-state index contributed by atoms with van der Waals surface area (Å²) in [6, 6.07) is 6.34. The summed E-state index contributed by atoms with van der Waals surface area (Å²) >= 11 is 0. The van der Waals surface area contributed by atoms with Crippen LogP contribution in [0, 0.1) is 5.82 Å². The Morgan fingerprint density at radius 1 is 1.04 bits per heavy atom. The molecule has 9 heteroatoms. The van der Waals surface area contributed by atoms with Gasteiger partial charge in [-0.3, -0.25) is 4.99 Å². The number of alkyl halides is 3. The van der Waals surface area contributed by atoms with Gasteiger partial charge in [-0.1, -0.05) is 0 Å². The van der Waals surface area contributed by atoms with Gasteiger partial charge >= 0.3 is 6.18 Å². The van der Waals surface area contributed by atoms with E-state index in [1.165, 1.54) is 12.1 Å². The maximum absolute atomic E-state index is 12.9. The van der Waals surface area contributed by atoms with Crippen molar-refractivity contribution in [1.29, 1.82) is 0 Å². The largest absolute Gasteiger partial charge is 0.389 e. The summed E-state index contributed by atoms with van der Waals surface area (Å²) in [5.74, 6) is 0.111. The highest BCUT2D eigenvalue weighted by molar-refractivity contribution is 14.0. The van der Waals surface area contributed by atoms with E-state index in [1.54, 1.807) is 12.1 Å². The number of guanidine groups is 1. The number of anilines is 1. The van der Waals surface area contributed by atoms with E-state index in [0.717, 1.165) is 18.8 Å². The number of halogens is 5. The molecule has 1 heterocycles. The molecule has 1 fully saturated rings. The lowest BCUT2D eigenvalue weighted by Gasteiger charge is -2.36. The van der Waals surface area contributed by atoms with Crippen LogP contribution in [0.2, 0.25) is 0 Å². The Labute approximate surface area is 162 Å². The molecular formula is C16H23F4IN4. The lowest BCUT2D eigenvalue weighted by Crippen LogP contribution is -2.51. The van der Waals surface area contributed by atoms with Crippen LogP contribution in [0.25, 0.3) is 0 Å². The smallest absolute Gasteiger partial charge is 0.370 e. The Morgan fingerprint density at radius 2 is 1.64 bits per heavy atom. The SMILES string of the molecule is I.NC(=NCCCCC(F)(F)F)N1CCN(c2ccc(F)cc2)CC1. The minimum Gasteiger partial charge on any atom is -0.370 e. The zero-order valence-corrected chi connectivity index (χ0v) is 16.1. The van der Waals surface area contributed by atoms with Crippen LogP contribution in [-0.2, 0) is 0 Å². The number of hydrogen-bond acceptors (Lipinski definition) is 2. The fourth-order valence-electron chi connectivity index (χ4n) is 2.58. The summed E-state index contributed by atoms with van der Waals surface area (Å²) in [4.78, 5) is 8.21. The van der Waals surface area contributed by atoms with Gasteiger partial charge in [-0.15, -0.1) is 24.0 Å². The molecule has 142 valence electrons. The molecule has 0 atom stereocenters. The first-order valence-electron chi connectivity index (χ1n) is 7.97. The van der Waals surface area contributed by atoms with Gasteiger partial charge in [0, 0.05) is 44.8 Å². The quantitative estimate of drug-likeness (QED) is 0.233. The fraction of sp³-hybridized carbons (Fsp3) is 0.562. The van der Waals surface area contributed by atoms with E-state index in [2.05, 4.69) is 9.89 Å². The molecule has 2 rings (SSSR count). The third-order valence-electron chi connectivity index (χ3n) is 3.94. The summed E-state index contributed by atoms with van der Waals surface area (Å²) in [6.45, 7) is 3.12. The summed E-state index contributed by atoms with van der Waals surface area (Å²) < 4.78 is 49.0. The molecule has 0 aliphatic carbocycles. The number of rotatable bonds is 5. The second-order valence-corrected chi connectivity index (χ2v) is 5.76. The molecule has 0 unspecified atom stereocenters. The van der Waals surface area contributed by atoms with Crippen molar-refractivity contribution in [1.82, 2.24) is 4.90 Å². The summed E-state index contributed by atoms with van der Waals surface area (Å²) in [5.41, 5.74) is 6.86. The van der Waals surface area contributed by atoms with Crippen molar-refractivity contribution < 1.29 is 17.6 Å². The monoisotopic (exact) mass is 474 g/mol. The van der Waals surface area contributed by atoms with Crippen LogP contribution in [0.5, 0.6) is 0 Å². The molecular weight excluding hydrogens is 451 g/mol. The highest BCUT2D eigenvalue weighted by Gasteiger charge is 2.25. The van der Waals surface area contributed by atoms with Crippen molar-refractivity contribution in [2.45, 2.75) is 25.4 Å². The first-order chi connectivity index (χ1) is 11.3. The molecule has 1 aliphatic rings. The van der Waals surface area contributed by atoms with Crippen molar-refractivity contribution in [2.24, 2.45) is 10.7 Å². The minimum atomic E-state index is -4.11. The van der Waals surface area contributed by atoms with Crippen LogP contribution in [0.15, 0.2) is 29.3 Å². The molecule has 0 saturated carbocycles. The first-order valence-corrected chi connectivity index (χ1v) is 7.97. The molecule has 25 heavy (non-hydrogen) atoms. The van der Waals surface area contributed by atoms with Crippen LogP contribution in [0.3, 0.4) is 0 Å². The third-order valence-corrected chi connectivity index (χ3v) is 3.94. The average molecular weight is 474 g/mol. The molecule has 1 saturated heterocycles. The molecule has 1 aliphatic heterocycles. The van der Waals surface area contributed by atoms with E-state index < -0.39 is 12.6 Å². The second kappa shape index (κ2) is 10.0. The highest BCUT2D eigenvalue weighted by atomic mass is 127. The van der Waals surface area contributed by atoms with E-state index in [0.29, 0.717) is 32.0 Å². The normalized spacial score (nSPS) is 15.9. The van der Waals surface area contributed by atoms with Crippen molar-refractivity contribution in [2.75, 3.05) is 37.6 Å². The number of benzene rings is 1. The van der Waals surface area contributed by atoms with Crippen LogP contribution >= 0.6 is 24.0 Å². The molecule has 0 radical (unpaired) electrons. The molecule has 1 aromatic carbocycles. The number of hydrogen-bond donors (Lipinski definition) is 1. The standard InChI is InChI=1S/C16H22F4N4.HI/c17-13-3-5-14(6-4-13)23-9-11-24(12-10-23)15(21)22-8-2-1-7-16(18,19)20;/h3-6H,1-2,7-12H2,(H2,21,22);1H. The molecule has 0 aromatic heterocycles. The number of piperazine rings is 1. The Bertz CT molecular complexity index is 540. The van der Waals surface area contributed by atoms with E-state index in [-0.39, 0.29) is 36.2 Å². The van der Waals surface area contributed by atoms with Gasteiger partial charge < -0.3 is 15.5 Å². The maximum atomic E-state index is 12.9. The lowest BCUT2D eigenvalue weighted by molar-refractivity contribution is -0.135. The van der Waals surface area contributed by atoms with Gasteiger partial charge in [0.1, 0.15) is 5.82 Å². The zero-order chi connectivity index (χ0) is 17.6. The van der Waals surface area contributed by atoms with Gasteiger partial charge in [0.25, 0.3) is 0 Å². The molecule has 0 bridgehead atoms. The highest BCUT2D eigenvalue weighted by Crippen LogP contribution is 2.22. The Hall–Kier alpha value is -1.26. The Balaban J connectivity index is 0.00000312. The van der Waals surface area contributed by atoms with Crippen LogP contribution in [-0.4, -0.2) is 49.8 Å². The van der Waals surface area contributed by atoms with E-state index >= 15 is 0 Å². The summed E-state index contributed by atoms with van der Waals surface area (Å²) in [7, 11) is 0. The third kappa shape index (κ3) is 7.66. The topological polar surface area (TPSA) is 44.9 Å².